The summed E-state index contributed by atoms with van der Waals surface area (Å²) in [7, 11) is 0. The van der Waals surface area contributed by atoms with Gasteiger partial charge in [0.05, 0.1) is 28.1 Å². The first kappa shape index (κ1) is 27.0. The number of aromatic nitrogens is 1. The Labute approximate surface area is 206 Å². The zero-order chi connectivity index (χ0) is 26.6. The predicted molar refractivity (Wildman–Crippen MR) is 118 cm³/mol. The second kappa shape index (κ2) is 11.0. The van der Waals surface area contributed by atoms with Crippen LogP contribution in [0.15, 0.2) is 53.7 Å². The lowest BCUT2D eigenvalue weighted by molar-refractivity contribution is -0.137. The summed E-state index contributed by atoms with van der Waals surface area (Å²) in [5.41, 5.74) is -1.42. The minimum Gasteiger partial charge on any atom is -0.474 e. The van der Waals surface area contributed by atoms with E-state index in [1.807, 2.05) is 0 Å². The Balaban J connectivity index is 2.06. The first-order valence-corrected chi connectivity index (χ1v) is 10.5. The van der Waals surface area contributed by atoms with Crippen molar-refractivity contribution < 1.29 is 47.3 Å². The molecule has 0 aliphatic rings. The largest absolute Gasteiger partial charge is 0.474 e. The Morgan fingerprint density at radius 1 is 1.17 bits per heavy atom. The number of rotatable bonds is 7. The summed E-state index contributed by atoms with van der Waals surface area (Å²) >= 11 is 5.80. The van der Waals surface area contributed by atoms with Crippen LogP contribution in [0.5, 0.6) is 17.4 Å². The van der Waals surface area contributed by atoms with E-state index in [-0.39, 0.29) is 22.6 Å². The Kier molecular flexibility index (Phi) is 8.23. The summed E-state index contributed by atoms with van der Waals surface area (Å²) in [6.45, 7) is 0.477. The highest BCUT2D eigenvalue weighted by atomic mass is 35.5. The van der Waals surface area contributed by atoms with Crippen LogP contribution in [0.3, 0.4) is 0 Å². The highest BCUT2D eigenvalue weighted by Crippen LogP contribution is 2.40. The normalized spacial score (nSPS) is 12.9. The molecule has 3 aromatic rings. The van der Waals surface area contributed by atoms with Crippen molar-refractivity contribution in [3.63, 3.8) is 0 Å². The number of hydrogen-bond acceptors (Lipinski definition) is 6. The van der Waals surface area contributed by atoms with Gasteiger partial charge >= 0.3 is 6.18 Å². The molecule has 13 heteroatoms. The Hall–Kier alpha value is -3.61. The molecule has 1 heterocycles. The van der Waals surface area contributed by atoms with Gasteiger partial charge in [0.25, 0.3) is 5.91 Å². The Morgan fingerprint density at radius 3 is 2.53 bits per heavy atom. The number of benzene rings is 2. The van der Waals surface area contributed by atoms with E-state index < -0.39 is 59.1 Å². The lowest BCUT2D eigenvalue weighted by Gasteiger charge is -2.16. The van der Waals surface area contributed by atoms with Gasteiger partial charge < -0.3 is 24.9 Å². The molecule has 0 aliphatic heterocycles. The topological polar surface area (TPSA) is 114 Å². The number of alkyl halides is 3. The van der Waals surface area contributed by atoms with Gasteiger partial charge in [0.15, 0.2) is 0 Å². The highest BCUT2D eigenvalue weighted by molar-refractivity contribution is 6.32. The number of aliphatic hydroxyl groups excluding tert-OH is 2. The van der Waals surface area contributed by atoms with Gasteiger partial charge in [-0.25, -0.2) is 9.38 Å². The molecule has 0 spiro atoms. The SMILES string of the molecule is Cc1cc(F)ccc1Oc1cc(C(F)(F)F)c(Cl)cc1C(=O)N=c1ccn(O)c(OCC(O)CO)c1. The summed E-state index contributed by atoms with van der Waals surface area (Å²) in [4.78, 5) is 16.8. The fourth-order valence-corrected chi connectivity index (χ4v) is 3.19. The third kappa shape index (κ3) is 6.53. The maximum absolute atomic E-state index is 13.4. The molecule has 3 N–H and O–H groups in total. The van der Waals surface area contributed by atoms with Crippen molar-refractivity contribution in [2.24, 2.45) is 4.99 Å². The van der Waals surface area contributed by atoms with E-state index in [0.29, 0.717) is 10.8 Å². The quantitative estimate of drug-likeness (QED) is 0.313. The average molecular weight is 531 g/mol. The maximum Gasteiger partial charge on any atom is 0.417 e. The molecule has 0 aliphatic carbocycles. The van der Waals surface area contributed by atoms with Gasteiger partial charge in [0.1, 0.15) is 30.0 Å². The van der Waals surface area contributed by atoms with Gasteiger partial charge in [-0.05, 0) is 48.9 Å². The number of pyridine rings is 1. The highest BCUT2D eigenvalue weighted by Gasteiger charge is 2.35. The third-order valence-electron chi connectivity index (χ3n) is 4.71. The second-order valence-electron chi connectivity index (χ2n) is 7.47. The number of hydrogen-bond donors (Lipinski definition) is 3. The number of amides is 1. The van der Waals surface area contributed by atoms with E-state index in [9.17, 15) is 32.7 Å². The molecule has 192 valence electrons. The summed E-state index contributed by atoms with van der Waals surface area (Å²) in [6, 6.07) is 6.95. The second-order valence-corrected chi connectivity index (χ2v) is 7.88. The van der Waals surface area contributed by atoms with Crippen LogP contribution in [0.25, 0.3) is 0 Å². The van der Waals surface area contributed by atoms with E-state index in [4.69, 9.17) is 26.2 Å². The minimum atomic E-state index is -4.86. The molecule has 1 unspecified atom stereocenters. The van der Waals surface area contributed by atoms with Crippen LogP contribution in [-0.4, -0.2) is 45.4 Å². The van der Waals surface area contributed by atoms with Gasteiger partial charge in [-0.2, -0.15) is 17.9 Å². The molecule has 2 aromatic carbocycles. The van der Waals surface area contributed by atoms with Crippen molar-refractivity contribution >= 4 is 17.5 Å². The molecule has 36 heavy (non-hydrogen) atoms. The number of halogens is 5. The molecule has 0 bridgehead atoms. The molecule has 8 nitrogen and oxygen atoms in total. The van der Waals surface area contributed by atoms with Gasteiger partial charge in [0, 0.05) is 12.3 Å². The van der Waals surface area contributed by atoms with Crippen molar-refractivity contribution in [3.8, 4) is 17.4 Å². The van der Waals surface area contributed by atoms with Crippen LogP contribution in [0, 0.1) is 12.7 Å². The molecule has 0 saturated heterocycles. The molecule has 3 rings (SSSR count). The van der Waals surface area contributed by atoms with E-state index in [1.165, 1.54) is 19.1 Å². The number of carbonyl (C=O) groups excluding carboxylic acids is 1. The number of aliphatic hydroxyl groups is 2. The van der Waals surface area contributed by atoms with Gasteiger partial charge in [-0.1, -0.05) is 11.6 Å². The van der Waals surface area contributed by atoms with Gasteiger partial charge in [0.2, 0.25) is 5.88 Å². The third-order valence-corrected chi connectivity index (χ3v) is 5.02. The minimum absolute atomic E-state index is 0.0000534. The summed E-state index contributed by atoms with van der Waals surface area (Å²) < 4.78 is 65.0. The van der Waals surface area contributed by atoms with Crippen LogP contribution in [0.4, 0.5) is 17.6 Å². The zero-order valence-electron chi connectivity index (χ0n) is 18.5. The van der Waals surface area contributed by atoms with Crippen molar-refractivity contribution in [1.29, 1.82) is 0 Å². The molecular formula is C23H19ClF4N2O6. The van der Waals surface area contributed by atoms with Crippen LogP contribution in [-0.2, 0) is 6.18 Å². The monoisotopic (exact) mass is 530 g/mol. The molecule has 0 saturated carbocycles. The first-order chi connectivity index (χ1) is 16.9. The maximum atomic E-state index is 13.4. The summed E-state index contributed by atoms with van der Waals surface area (Å²) in [6.07, 6.45) is -5.03. The number of nitrogens with zero attached hydrogens (tertiary/aromatic N) is 2. The standard InChI is InChI=1S/C23H19ClF4N2O6/c1-12-6-13(25)2-3-19(12)36-20-9-17(23(26,27)28)18(24)8-16(20)22(33)29-14-4-5-30(34)21(7-14)35-11-15(32)10-31/h2-9,15,31-32,34H,10-11H2,1H3. The van der Waals surface area contributed by atoms with E-state index >= 15 is 0 Å². The van der Waals surface area contributed by atoms with Crippen molar-refractivity contribution in [3.05, 3.63) is 81.5 Å². The fraction of sp³-hybridized carbons (Fsp3) is 0.217. The van der Waals surface area contributed by atoms with Crippen LogP contribution < -0.4 is 14.8 Å². The Bertz CT molecular complexity index is 1340. The lowest BCUT2D eigenvalue weighted by atomic mass is 10.1. The van der Waals surface area contributed by atoms with E-state index in [0.717, 1.165) is 30.5 Å². The van der Waals surface area contributed by atoms with Crippen molar-refractivity contribution in [1.82, 2.24) is 4.73 Å². The fourth-order valence-electron chi connectivity index (χ4n) is 2.92. The predicted octanol–water partition coefficient (Wildman–Crippen LogP) is 4.11. The molecule has 0 fully saturated rings. The van der Waals surface area contributed by atoms with E-state index in [1.54, 1.807) is 0 Å². The van der Waals surface area contributed by atoms with Gasteiger partial charge in [-0.15, -0.1) is 0 Å². The first-order valence-electron chi connectivity index (χ1n) is 10.2. The van der Waals surface area contributed by atoms with Gasteiger partial charge in [-0.3, -0.25) is 4.79 Å². The zero-order valence-corrected chi connectivity index (χ0v) is 19.2. The molecule has 1 aromatic heterocycles. The number of ether oxygens (including phenoxy) is 2. The Morgan fingerprint density at radius 2 is 1.89 bits per heavy atom. The molecular weight excluding hydrogens is 512 g/mol. The molecule has 1 atom stereocenters. The molecule has 1 amide bonds. The smallest absolute Gasteiger partial charge is 0.417 e. The van der Waals surface area contributed by atoms with Crippen molar-refractivity contribution in [2.75, 3.05) is 13.2 Å². The van der Waals surface area contributed by atoms with Crippen LogP contribution >= 0.6 is 11.6 Å². The number of aryl methyl sites for hydroxylation is 1. The lowest BCUT2D eigenvalue weighted by Crippen LogP contribution is -2.23. The average Bonchev–Trinajstić information content (AvgIpc) is 2.80. The van der Waals surface area contributed by atoms with E-state index in [2.05, 4.69) is 4.99 Å². The van der Waals surface area contributed by atoms with Crippen LogP contribution in [0.1, 0.15) is 21.5 Å². The molecule has 0 radical (unpaired) electrons. The summed E-state index contributed by atoms with van der Waals surface area (Å²) in [5, 5.41) is 27.2. The van der Waals surface area contributed by atoms with Crippen LogP contribution in [0.2, 0.25) is 5.02 Å². The number of carbonyl (C=O) groups is 1. The van der Waals surface area contributed by atoms with Crippen molar-refractivity contribution in [2.45, 2.75) is 19.2 Å². The summed E-state index contributed by atoms with van der Waals surface area (Å²) in [5.74, 6) is -2.41.